The number of hydrogen-bond acceptors (Lipinski definition) is 3. The fourth-order valence-corrected chi connectivity index (χ4v) is 5.06. The molecule has 0 bridgehead atoms. The predicted molar refractivity (Wildman–Crippen MR) is 82.2 cm³/mol. The molecule has 0 amide bonds. The van der Waals surface area contributed by atoms with Gasteiger partial charge >= 0.3 is 0 Å². The molecule has 1 aliphatic rings. The van der Waals surface area contributed by atoms with E-state index < -0.39 is 10.0 Å². The lowest BCUT2D eigenvalue weighted by Gasteiger charge is -2.31. The largest absolute Gasteiger partial charge is 0.312 e. The van der Waals surface area contributed by atoms with Crippen molar-refractivity contribution in [2.24, 2.45) is 0 Å². The Balaban J connectivity index is 2.55. The van der Waals surface area contributed by atoms with Gasteiger partial charge in [0, 0.05) is 30.7 Å². The van der Waals surface area contributed by atoms with Crippen LogP contribution < -0.4 is 5.32 Å². The van der Waals surface area contributed by atoms with Crippen LogP contribution in [-0.2, 0) is 10.0 Å². The Bertz CT molecular complexity index is 605. The Morgan fingerprint density at radius 2 is 2.00 bits per heavy atom. The molecule has 1 aromatic carbocycles. The van der Waals surface area contributed by atoms with Crippen molar-refractivity contribution in [2.75, 3.05) is 19.6 Å². The van der Waals surface area contributed by atoms with Crippen LogP contribution in [-0.4, -0.2) is 38.4 Å². The lowest BCUT2D eigenvalue weighted by molar-refractivity contribution is 0.310. The molecular formula is C13H18Cl2N2O2S. The molecule has 0 saturated carbocycles. The van der Waals surface area contributed by atoms with Gasteiger partial charge in [-0.1, -0.05) is 23.2 Å². The highest BCUT2D eigenvalue weighted by Gasteiger charge is 2.32. The van der Waals surface area contributed by atoms with Crippen molar-refractivity contribution in [3.8, 4) is 0 Å². The number of piperazine rings is 1. The average molecular weight is 337 g/mol. The molecule has 7 heteroatoms. The van der Waals surface area contributed by atoms with E-state index >= 15 is 0 Å². The van der Waals surface area contributed by atoms with Crippen LogP contribution in [0, 0.1) is 13.8 Å². The van der Waals surface area contributed by atoms with Crippen molar-refractivity contribution in [3.05, 3.63) is 27.2 Å². The molecule has 0 aromatic heterocycles. The van der Waals surface area contributed by atoms with E-state index in [1.54, 1.807) is 19.9 Å². The van der Waals surface area contributed by atoms with Gasteiger partial charge < -0.3 is 5.32 Å². The second kappa shape index (κ2) is 5.81. The van der Waals surface area contributed by atoms with Crippen LogP contribution in [0.25, 0.3) is 0 Å². The molecule has 1 atom stereocenters. The van der Waals surface area contributed by atoms with Crippen molar-refractivity contribution in [2.45, 2.75) is 31.7 Å². The molecule has 0 unspecified atom stereocenters. The summed E-state index contributed by atoms with van der Waals surface area (Å²) >= 11 is 12.3. The fraction of sp³-hybridized carbons (Fsp3) is 0.538. The smallest absolute Gasteiger partial charge is 0.244 e. The molecule has 0 aliphatic carbocycles. The van der Waals surface area contributed by atoms with Gasteiger partial charge in [0.2, 0.25) is 10.0 Å². The zero-order valence-electron chi connectivity index (χ0n) is 11.7. The summed E-state index contributed by atoms with van der Waals surface area (Å²) < 4.78 is 27.1. The Kier molecular flexibility index (Phi) is 4.66. The van der Waals surface area contributed by atoms with Crippen LogP contribution >= 0.6 is 23.2 Å². The summed E-state index contributed by atoms with van der Waals surface area (Å²) in [6.45, 7) is 6.91. The molecule has 1 saturated heterocycles. The Morgan fingerprint density at radius 1 is 1.35 bits per heavy atom. The molecule has 0 spiro atoms. The van der Waals surface area contributed by atoms with E-state index in [1.165, 1.54) is 4.31 Å². The average Bonchev–Trinajstić information content (AvgIpc) is 2.36. The van der Waals surface area contributed by atoms with Crippen LogP contribution in [0.2, 0.25) is 10.0 Å². The molecule has 0 radical (unpaired) electrons. The number of aryl methyl sites for hydroxylation is 1. The quantitative estimate of drug-likeness (QED) is 0.902. The Hall–Kier alpha value is -0.330. The minimum atomic E-state index is -3.62. The molecule has 1 heterocycles. The van der Waals surface area contributed by atoms with E-state index in [0.29, 0.717) is 35.8 Å². The van der Waals surface area contributed by atoms with E-state index in [2.05, 4.69) is 5.32 Å². The van der Waals surface area contributed by atoms with Crippen LogP contribution in [0.4, 0.5) is 0 Å². The number of rotatable bonds is 2. The summed E-state index contributed by atoms with van der Waals surface area (Å²) in [5, 5.41) is 3.91. The molecule has 112 valence electrons. The van der Waals surface area contributed by atoms with Crippen molar-refractivity contribution >= 4 is 33.2 Å². The molecule has 1 fully saturated rings. The summed E-state index contributed by atoms with van der Waals surface area (Å²) in [7, 11) is -3.62. The third kappa shape index (κ3) is 2.83. The van der Waals surface area contributed by atoms with Gasteiger partial charge in [-0.2, -0.15) is 4.31 Å². The number of sulfonamides is 1. The lowest BCUT2D eigenvalue weighted by Crippen LogP contribution is -2.51. The molecule has 4 nitrogen and oxygen atoms in total. The zero-order chi connectivity index (χ0) is 15.1. The standard InChI is InChI=1S/C13H18Cl2N2O2S/c1-8-6-11(14)10(3)13(12(8)15)20(18,19)17-5-4-16-9(2)7-17/h6,9,16H,4-5,7H2,1-3H3/t9-/m1/s1. The van der Waals surface area contributed by atoms with Crippen LogP contribution in [0.15, 0.2) is 11.0 Å². The van der Waals surface area contributed by atoms with E-state index in [0.717, 1.165) is 0 Å². The maximum absolute atomic E-state index is 12.8. The molecule has 20 heavy (non-hydrogen) atoms. The number of hydrogen-bond donors (Lipinski definition) is 1. The summed E-state index contributed by atoms with van der Waals surface area (Å²) in [6, 6.07) is 1.82. The minimum absolute atomic E-state index is 0.123. The second-order valence-corrected chi connectivity index (χ2v) is 7.82. The molecule has 2 rings (SSSR count). The van der Waals surface area contributed by atoms with E-state index in [-0.39, 0.29) is 16.0 Å². The summed E-state index contributed by atoms with van der Waals surface area (Å²) in [4.78, 5) is 0.137. The normalized spacial score (nSPS) is 21.1. The summed E-state index contributed by atoms with van der Waals surface area (Å²) in [5.74, 6) is 0. The van der Waals surface area contributed by atoms with Gasteiger partial charge in [0.1, 0.15) is 4.90 Å². The van der Waals surface area contributed by atoms with E-state index in [9.17, 15) is 8.42 Å². The third-order valence-electron chi connectivity index (χ3n) is 3.52. The van der Waals surface area contributed by atoms with Crippen molar-refractivity contribution < 1.29 is 8.42 Å². The van der Waals surface area contributed by atoms with E-state index in [4.69, 9.17) is 23.2 Å². The lowest BCUT2D eigenvalue weighted by atomic mass is 10.2. The first-order chi connectivity index (χ1) is 9.25. The first-order valence-electron chi connectivity index (χ1n) is 6.44. The number of benzene rings is 1. The minimum Gasteiger partial charge on any atom is -0.312 e. The molecule has 1 N–H and O–H groups in total. The van der Waals surface area contributed by atoms with Crippen LogP contribution in [0.3, 0.4) is 0 Å². The Morgan fingerprint density at radius 3 is 2.60 bits per heavy atom. The maximum atomic E-state index is 12.8. The van der Waals surface area contributed by atoms with Gasteiger partial charge in [0.15, 0.2) is 0 Å². The monoisotopic (exact) mass is 336 g/mol. The molecular weight excluding hydrogens is 319 g/mol. The SMILES string of the molecule is Cc1cc(Cl)c(C)c(S(=O)(=O)N2CCN[C@H](C)C2)c1Cl. The highest BCUT2D eigenvalue weighted by molar-refractivity contribution is 7.89. The first kappa shape index (κ1) is 16.0. The zero-order valence-corrected chi connectivity index (χ0v) is 14.0. The summed E-state index contributed by atoms with van der Waals surface area (Å²) in [5.41, 5.74) is 1.18. The van der Waals surface area contributed by atoms with Crippen molar-refractivity contribution in [3.63, 3.8) is 0 Å². The third-order valence-corrected chi connectivity index (χ3v) is 6.55. The number of halogens is 2. The van der Waals surface area contributed by atoms with Crippen LogP contribution in [0.5, 0.6) is 0 Å². The Labute approximate surface area is 130 Å². The highest BCUT2D eigenvalue weighted by atomic mass is 35.5. The number of nitrogens with one attached hydrogen (secondary N) is 1. The second-order valence-electron chi connectivity index (χ2n) is 5.16. The van der Waals surface area contributed by atoms with Gasteiger partial charge in [-0.05, 0) is 38.0 Å². The fourth-order valence-electron chi connectivity index (χ4n) is 2.36. The first-order valence-corrected chi connectivity index (χ1v) is 8.63. The van der Waals surface area contributed by atoms with Crippen LogP contribution in [0.1, 0.15) is 18.1 Å². The topological polar surface area (TPSA) is 49.4 Å². The molecule has 1 aromatic rings. The predicted octanol–water partition coefficient (Wildman–Crippen LogP) is 2.59. The summed E-state index contributed by atoms with van der Waals surface area (Å²) in [6.07, 6.45) is 0. The van der Waals surface area contributed by atoms with Crippen molar-refractivity contribution in [1.29, 1.82) is 0 Å². The van der Waals surface area contributed by atoms with Gasteiger partial charge in [-0.15, -0.1) is 0 Å². The van der Waals surface area contributed by atoms with E-state index in [1.807, 2.05) is 6.92 Å². The number of nitrogens with zero attached hydrogens (tertiary/aromatic N) is 1. The van der Waals surface area contributed by atoms with Gasteiger partial charge in [0.05, 0.1) is 5.02 Å². The maximum Gasteiger partial charge on any atom is 0.244 e. The van der Waals surface area contributed by atoms with Gasteiger partial charge in [-0.3, -0.25) is 0 Å². The highest BCUT2D eigenvalue weighted by Crippen LogP contribution is 2.35. The van der Waals surface area contributed by atoms with Gasteiger partial charge in [-0.25, -0.2) is 8.42 Å². The molecule has 1 aliphatic heterocycles. The van der Waals surface area contributed by atoms with Gasteiger partial charge in [0.25, 0.3) is 0 Å². The van der Waals surface area contributed by atoms with Crippen molar-refractivity contribution in [1.82, 2.24) is 9.62 Å².